The quantitative estimate of drug-likeness (QED) is 0.882. The number of amides is 1. The van der Waals surface area contributed by atoms with Crippen LogP contribution in [0.2, 0.25) is 0 Å². The summed E-state index contributed by atoms with van der Waals surface area (Å²) in [5.41, 5.74) is 1.04. The number of rotatable bonds is 4. The standard InChI is InChI=1S/C15H22FN3O/c1-11-10-17-7-9-19(11)8-6-15(20)18-14-5-3-4-13(16)12(14)2/h3-5,11,17H,6-10H2,1-2H3,(H,18,20)/t11-/m1/s1. The lowest BCUT2D eigenvalue weighted by Gasteiger charge is -2.33. The van der Waals surface area contributed by atoms with E-state index >= 15 is 0 Å². The second kappa shape index (κ2) is 6.81. The molecule has 2 N–H and O–H groups in total. The molecular formula is C15H22FN3O. The lowest BCUT2D eigenvalue weighted by atomic mass is 10.1. The maximum absolute atomic E-state index is 13.4. The smallest absolute Gasteiger partial charge is 0.225 e. The van der Waals surface area contributed by atoms with Gasteiger partial charge in [-0.2, -0.15) is 0 Å². The number of benzene rings is 1. The molecule has 1 amide bonds. The van der Waals surface area contributed by atoms with Crippen LogP contribution in [0.1, 0.15) is 18.9 Å². The van der Waals surface area contributed by atoms with Crippen molar-refractivity contribution in [1.29, 1.82) is 0 Å². The summed E-state index contributed by atoms with van der Waals surface area (Å²) in [5.74, 6) is -0.358. The van der Waals surface area contributed by atoms with Crippen LogP contribution in [-0.2, 0) is 4.79 Å². The van der Waals surface area contributed by atoms with E-state index in [0.29, 0.717) is 23.7 Å². The molecular weight excluding hydrogens is 257 g/mol. The molecule has 0 unspecified atom stereocenters. The van der Waals surface area contributed by atoms with E-state index in [-0.39, 0.29) is 11.7 Å². The summed E-state index contributed by atoms with van der Waals surface area (Å²) in [6.07, 6.45) is 0.431. The summed E-state index contributed by atoms with van der Waals surface area (Å²) < 4.78 is 13.4. The summed E-state index contributed by atoms with van der Waals surface area (Å²) in [7, 11) is 0. The Morgan fingerprint density at radius 1 is 1.55 bits per heavy atom. The highest BCUT2D eigenvalue weighted by Gasteiger charge is 2.18. The molecule has 1 saturated heterocycles. The van der Waals surface area contributed by atoms with Crippen LogP contribution in [0.5, 0.6) is 0 Å². The molecule has 1 aliphatic rings. The van der Waals surface area contributed by atoms with E-state index in [0.717, 1.165) is 26.2 Å². The van der Waals surface area contributed by atoms with Gasteiger partial charge in [0.25, 0.3) is 0 Å². The molecule has 1 aliphatic heterocycles. The molecule has 0 spiro atoms. The molecule has 110 valence electrons. The number of nitrogens with one attached hydrogen (secondary N) is 2. The van der Waals surface area contributed by atoms with E-state index in [2.05, 4.69) is 22.5 Å². The van der Waals surface area contributed by atoms with Gasteiger partial charge in [-0.05, 0) is 26.0 Å². The highest BCUT2D eigenvalue weighted by atomic mass is 19.1. The third-order valence-corrected chi connectivity index (χ3v) is 3.81. The van der Waals surface area contributed by atoms with Crippen molar-refractivity contribution in [1.82, 2.24) is 10.2 Å². The number of nitrogens with zero attached hydrogens (tertiary/aromatic N) is 1. The number of hydrogen-bond donors (Lipinski definition) is 2. The molecule has 0 aromatic heterocycles. The Bertz CT molecular complexity index is 478. The molecule has 5 heteroatoms. The van der Waals surface area contributed by atoms with E-state index in [9.17, 15) is 9.18 Å². The van der Waals surface area contributed by atoms with Crippen molar-refractivity contribution in [3.8, 4) is 0 Å². The average Bonchev–Trinajstić information content (AvgIpc) is 2.43. The summed E-state index contributed by atoms with van der Waals surface area (Å²) in [6, 6.07) is 5.18. The third kappa shape index (κ3) is 3.77. The Kier molecular flexibility index (Phi) is 5.09. The molecule has 1 aromatic rings. The van der Waals surface area contributed by atoms with Crippen LogP contribution in [0.3, 0.4) is 0 Å². The zero-order chi connectivity index (χ0) is 14.5. The Morgan fingerprint density at radius 2 is 2.35 bits per heavy atom. The van der Waals surface area contributed by atoms with Gasteiger partial charge in [0.1, 0.15) is 5.82 Å². The molecule has 0 saturated carbocycles. The zero-order valence-electron chi connectivity index (χ0n) is 12.1. The molecule has 1 atom stereocenters. The minimum Gasteiger partial charge on any atom is -0.326 e. The lowest BCUT2D eigenvalue weighted by Crippen LogP contribution is -2.50. The minimum absolute atomic E-state index is 0.0653. The van der Waals surface area contributed by atoms with Gasteiger partial charge in [0.15, 0.2) is 0 Å². The van der Waals surface area contributed by atoms with Gasteiger partial charge in [-0.1, -0.05) is 6.07 Å². The molecule has 20 heavy (non-hydrogen) atoms. The first-order valence-electron chi connectivity index (χ1n) is 7.07. The normalized spacial score (nSPS) is 19.9. The fourth-order valence-corrected chi connectivity index (χ4v) is 2.42. The number of piperazine rings is 1. The monoisotopic (exact) mass is 279 g/mol. The van der Waals surface area contributed by atoms with Gasteiger partial charge < -0.3 is 10.6 Å². The topological polar surface area (TPSA) is 44.4 Å². The van der Waals surface area contributed by atoms with Crippen molar-refractivity contribution >= 4 is 11.6 Å². The Balaban J connectivity index is 1.85. The molecule has 0 aliphatic carbocycles. The van der Waals surface area contributed by atoms with Crippen molar-refractivity contribution in [3.63, 3.8) is 0 Å². The summed E-state index contributed by atoms with van der Waals surface area (Å²) in [4.78, 5) is 14.2. The first-order valence-corrected chi connectivity index (χ1v) is 7.07. The predicted molar refractivity (Wildman–Crippen MR) is 78.3 cm³/mol. The number of hydrogen-bond acceptors (Lipinski definition) is 3. The predicted octanol–water partition coefficient (Wildman–Crippen LogP) is 1.76. The fourth-order valence-electron chi connectivity index (χ4n) is 2.42. The van der Waals surface area contributed by atoms with E-state index in [4.69, 9.17) is 0 Å². The second-order valence-corrected chi connectivity index (χ2v) is 5.30. The summed E-state index contributed by atoms with van der Waals surface area (Å²) in [6.45, 7) is 7.46. The summed E-state index contributed by atoms with van der Waals surface area (Å²) in [5, 5.41) is 6.11. The highest BCUT2D eigenvalue weighted by Crippen LogP contribution is 2.17. The number of carbonyl (C=O) groups excluding carboxylic acids is 1. The maximum Gasteiger partial charge on any atom is 0.225 e. The second-order valence-electron chi connectivity index (χ2n) is 5.30. The Labute approximate surface area is 119 Å². The molecule has 0 bridgehead atoms. The summed E-state index contributed by atoms with van der Waals surface area (Å²) >= 11 is 0. The molecule has 2 rings (SSSR count). The molecule has 0 radical (unpaired) electrons. The van der Waals surface area contributed by atoms with Crippen LogP contribution in [0.15, 0.2) is 18.2 Å². The van der Waals surface area contributed by atoms with Crippen molar-refractivity contribution in [2.24, 2.45) is 0 Å². The van der Waals surface area contributed by atoms with E-state index < -0.39 is 0 Å². The number of halogens is 1. The maximum atomic E-state index is 13.4. The zero-order valence-corrected chi connectivity index (χ0v) is 12.1. The Morgan fingerprint density at radius 3 is 3.10 bits per heavy atom. The van der Waals surface area contributed by atoms with E-state index in [1.807, 2.05) is 0 Å². The van der Waals surface area contributed by atoms with Crippen LogP contribution in [-0.4, -0.2) is 43.0 Å². The minimum atomic E-state index is -0.293. The molecule has 4 nitrogen and oxygen atoms in total. The van der Waals surface area contributed by atoms with Gasteiger partial charge >= 0.3 is 0 Å². The van der Waals surface area contributed by atoms with Crippen LogP contribution in [0.4, 0.5) is 10.1 Å². The van der Waals surface area contributed by atoms with Crippen molar-refractivity contribution in [2.75, 3.05) is 31.5 Å². The van der Waals surface area contributed by atoms with Crippen LogP contribution in [0.25, 0.3) is 0 Å². The van der Waals surface area contributed by atoms with Crippen LogP contribution < -0.4 is 10.6 Å². The molecule has 1 aromatic carbocycles. The van der Waals surface area contributed by atoms with Gasteiger partial charge in [-0.15, -0.1) is 0 Å². The van der Waals surface area contributed by atoms with Crippen molar-refractivity contribution < 1.29 is 9.18 Å². The Hall–Kier alpha value is -1.46. The SMILES string of the molecule is Cc1c(F)cccc1NC(=O)CCN1CCNC[C@H]1C. The number of carbonyl (C=O) groups is 1. The first-order chi connectivity index (χ1) is 9.58. The van der Waals surface area contributed by atoms with E-state index in [1.54, 1.807) is 19.1 Å². The van der Waals surface area contributed by atoms with Gasteiger partial charge in [0.2, 0.25) is 5.91 Å². The largest absolute Gasteiger partial charge is 0.326 e. The van der Waals surface area contributed by atoms with Gasteiger partial charge in [0, 0.05) is 49.9 Å². The third-order valence-electron chi connectivity index (χ3n) is 3.81. The van der Waals surface area contributed by atoms with Crippen molar-refractivity contribution in [2.45, 2.75) is 26.3 Å². The first kappa shape index (κ1) is 14.9. The molecule has 1 fully saturated rings. The van der Waals surface area contributed by atoms with Gasteiger partial charge in [0.05, 0.1) is 0 Å². The van der Waals surface area contributed by atoms with E-state index in [1.165, 1.54) is 6.07 Å². The lowest BCUT2D eigenvalue weighted by molar-refractivity contribution is -0.116. The fraction of sp³-hybridized carbons (Fsp3) is 0.533. The highest BCUT2D eigenvalue weighted by molar-refractivity contribution is 5.91. The van der Waals surface area contributed by atoms with Gasteiger partial charge in [-0.3, -0.25) is 9.69 Å². The molecule has 1 heterocycles. The number of anilines is 1. The average molecular weight is 279 g/mol. The van der Waals surface area contributed by atoms with Crippen molar-refractivity contribution in [3.05, 3.63) is 29.6 Å². The van der Waals surface area contributed by atoms with Crippen LogP contribution >= 0.6 is 0 Å². The van der Waals surface area contributed by atoms with Gasteiger partial charge in [-0.25, -0.2) is 4.39 Å². The van der Waals surface area contributed by atoms with Crippen LogP contribution in [0, 0.1) is 12.7 Å².